The fourth-order valence-corrected chi connectivity index (χ4v) is 3.71. The molecule has 2 aromatic carbocycles. The summed E-state index contributed by atoms with van der Waals surface area (Å²) in [6.45, 7) is -0.683. The lowest BCUT2D eigenvalue weighted by Crippen LogP contribution is -2.37. The summed E-state index contributed by atoms with van der Waals surface area (Å²) in [6.07, 6.45) is -3.66. The highest BCUT2D eigenvalue weighted by atomic mass is 35.5. The summed E-state index contributed by atoms with van der Waals surface area (Å²) in [5, 5.41) is 2.39. The average Bonchev–Trinajstić information content (AvgIpc) is 2.55. The number of anilines is 2. The number of rotatable bonds is 5. The number of sulfonamides is 1. The molecule has 0 atom stereocenters. The Morgan fingerprint density at radius 1 is 1.04 bits per heavy atom. The van der Waals surface area contributed by atoms with Crippen LogP contribution in [0.25, 0.3) is 0 Å². The smallest absolute Gasteiger partial charge is 0.325 e. The molecule has 0 fully saturated rings. The van der Waals surface area contributed by atoms with Gasteiger partial charge in [-0.25, -0.2) is 8.42 Å². The van der Waals surface area contributed by atoms with Crippen LogP contribution in [0.1, 0.15) is 5.56 Å². The number of hydrogen-bond donors (Lipinski definition) is 1. The van der Waals surface area contributed by atoms with Crippen molar-refractivity contribution in [3.8, 4) is 0 Å². The topological polar surface area (TPSA) is 66.5 Å². The first-order chi connectivity index (χ1) is 12.8. The molecule has 0 saturated heterocycles. The zero-order valence-electron chi connectivity index (χ0n) is 14.0. The molecule has 5 nitrogen and oxygen atoms in total. The van der Waals surface area contributed by atoms with Crippen LogP contribution in [0.4, 0.5) is 24.5 Å². The van der Waals surface area contributed by atoms with Crippen molar-refractivity contribution in [1.29, 1.82) is 0 Å². The van der Waals surface area contributed by atoms with Crippen molar-refractivity contribution in [2.24, 2.45) is 0 Å². The number of benzene rings is 2. The van der Waals surface area contributed by atoms with Crippen LogP contribution in [0.2, 0.25) is 15.1 Å². The highest BCUT2D eigenvalue weighted by Gasteiger charge is 2.30. The second kappa shape index (κ2) is 8.36. The van der Waals surface area contributed by atoms with E-state index < -0.39 is 34.2 Å². The van der Waals surface area contributed by atoms with E-state index in [1.807, 2.05) is 0 Å². The number of carbonyl (C=O) groups excluding carboxylic acids is 1. The van der Waals surface area contributed by atoms with E-state index in [1.165, 1.54) is 12.1 Å². The Morgan fingerprint density at radius 2 is 1.57 bits per heavy atom. The molecule has 1 N–H and O–H groups in total. The maximum atomic E-state index is 12.6. The lowest BCUT2D eigenvalue weighted by atomic mass is 10.2. The van der Waals surface area contributed by atoms with Gasteiger partial charge in [0.05, 0.1) is 32.6 Å². The Hall–Kier alpha value is -1.68. The van der Waals surface area contributed by atoms with Gasteiger partial charge in [0.2, 0.25) is 15.9 Å². The number of alkyl halides is 3. The van der Waals surface area contributed by atoms with Crippen LogP contribution in [-0.4, -0.2) is 27.1 Å². The molecule has 0 aromatic heterocycles. The monoisotopic (exact) mass is 474 g/mol. The Morgan fingerprint density at radius 3 is 2.07 bits per heavy atom. The summed E-state index contributed by atoms with van der Waals surface area (Å²) in [6, 6.07) is 6.11. The molecule has 0 spiro atoms. The minimum Gasteiger partial charge on any atom is -0.325 e. The Bertz CT molecular complexity index is 997. The molecule has 152 valence electrons. The molecule has 0 unspecified atom stereocenters. The van der Waals surface area contributed by atoms with Gasteiger partial charge in [0.25, 0.3) is 0 Å². The van der Waals surface area contributed by atoms with Crippen LogP contribution >= 0.6 is 34.8 Å². The minimum absolute atomic E-state index is 0.0258. The highest BCUT2D eigenvalue weighted by Crippen LogP contribution is 2.35. The molecule has 1 amide bonds. The normalized spacial score (nSPS) is 12.0. The molecular formula is C16H12Cl3F3N2O3S. The van der Waals surface area contributed by atoms with E-state index in [0.717, 1.165) is 30.5 Å². The van der Waals surface area contributed by atoms with Crippen molar-refractivity contribution in [3.63, 3.8) is 0 Å². The minimum atomic E-state index is -4.51. The van der Waals surface area contributed by atoms with Gasteiger partial charge < -0.3 is 5.32 Å². The van der Waals surface area contributed by atoms with Crippen molar-refractivity contribution in [2.45, 2.75) is 6.18 Å². The van der Waals surface area contributed by atoms with Gasteiger partial charge in [-0.2, -0.15) is 13.2 Å². The maximum Gasteiger partial charge on any atom is 0.416 e. The van der Waals surface area contributed by atoms with Crippen LogP contribution in [0, 0.1) is 0 Å². The molecule has 28 heavy (non-hydrogen) atoms. The van der Waals surface area contributed by atoms with Crippen LogP contribution < -0.4 is 9.62 Å². The fourth-order valence-electron chi connectivity index (χ4n) is 2.16. The van der Waals surface area contributed by atoms with Gasteiger partial charge >= 0.3 is 6.18 Å². The molecule has 2 aromatic rings. The first-order valence-corrected chi connectivity index (χ1v) is 10.4. The summed E-state index contributed by atoms with van der Waals surface area (Å²) < 4.78 is 62.7. The van der Waals surface area contributed by atoms with Gasteiger partial charge in [-0.15, -0.1) is 0 Å². The predicted octanol–water partition coefficient (Wildman–Crippen LogP) is 5.07. The molecule has 0 radical (unpaired) electrons. The third-order valence-corrected chi connectivity index (χ3v) is 5.59. The highest BCUT2D eigenvalue weighted by molar-refractivity contribution is 7.92. The third-order valence-electron chi connectivity index (χ3n) is 3.44. The molecule has 0 aliphatic rings. The standard InChI is InChI=1S/C16H12Cl3F3N2O3S/c1-28(26,27)24(14-7-12(18)11(17)6-13(14)19)8-15(25)23-10-4-2-9(3-5-10)16(20,21)22/h2-7H,8H2,1H3,(H,23,25). The molecule has 0 saturated carbocycles. The van der Waals surface area contributed by atoms with Crippen LogP contribution in [0.3, 0.4) is 0 Å². The zero-order valence-corrected chi connectivity index (χ0v) is 17.1. The van der Waals surface area contributed by atoms with Crippen molar-refractivity contribution < 1.29 is 26.4 Å². The number of hydrogen-bond acceptors (Lipinski definition) is 3. The first-order valence-electron chi connectivity index (χ1n) is 7.38. The van der Waals surface area contributed by atoms with Gasteiger partial charge in [0.15, 0.2) is 0 Å². The van der Waals surface area contributed by atoms with E-state index in [-0.39, 0.29) is 26.4 Å². The van der Waals surface area contributed by atoms with Crippen LogP contribution in [-0.2, 0) is 21.0 Å². The summed E-state index contributed by atoms with van der Waals surface area (Å²) >= 11 is 17.7. The number of halogens is 6. The lowest BCUT2D eigenvalue weighted by molar-refractivity contribution is -0.137. The third kappa shape index (κ3) is 5.66. The number of carbonyl (C=O) groups is 1. The van der Waals surface area contributed by atoms with Crippen molar-refractivity contribution in [1.82, 2.24) is 0 Å². The fraction of sp³-hybridized carbons (Fsp3) is 0.188. The SMILES string of the molecule is CS(=O)(=O)N(CC(=O)Nc1ccc(C(F)(F)F)cc1)c1cc(Cl)c(Cl)cc1Cl. The Labute approximate surface area is 174 Å². The number of nitrogens with one attached hydrogen (secondary N) is 1. The van der Waals surface area contributed by atoms with Gasteiger partial charge in [-0.3, -0.25) is 9.10 Å². The van der Waals surface area contributed by atoms with Gasteiger partial charge in [0.1, 0.15) is 6.54 Å². The van der Waals surface area contributed by atoms with Crippen molar-refractivity contribution >= 4 is 62.1 Å². The molecule has 0 bridgehead atoms. The summed E-state index contributed by atoms with van der Waals surface area (Å²) in [7, 11) is -3.95. The van der Waals surface area contributed by atoms with E-state index >= 15 is 0 Å². The number of amides is 1. The number of nitrogens with zero attached hydrogens (tertiary/aromatic N) is 1. The van der Waals surface area contributed by atoms with Crippen molar-refractivity contribution in [2.75, 3.05) is 22.4 Å². The molecule has 12 heteroatoms. The average molecular weight is 476 g/mol. The van der Waals surface area contributed by atoms with Crippen molar-refractivity contribution in [3.05, 3.63) is 57.0 Å². The summed E-state index contributed by atoms with van der Waals surface area (Å²) in [5.74, 6) is -0.799. The Kier molecular flexibility index (Phi) is 6.75. The molecule has 2 rings (SSSR count). The van der Waals surface area contributed by atoms with E-state index in [4.69, 9.17) is 34.8 Å². The van der Waals surface area contributed by atoms with E-state index in [1.54, 1.807) is 0 Å². The first kappa shape index (κ1) is 22.6. The van der Waals surface area contributed by atoms with E-state index in [2.05, 4.69) is 5.32 Å². The maximum absolute atomic E-state index is 12.6. The van der Waals surface area contributed by atoms with Crippen LogP contribution in [0.15, 0.2) is 36.4 Å². The molecular weight excluding hydrogens is 464 g/mol. The quantitative estimate of drug-likeness (QED) is 0.614. The van der Waals surface area contributed by atoms with E-state index in [0.29, 0.717) is 4.31 Å². The summed E-state index contributed by atoms with van der Waals surface area (Å²) in [5.41, 5.74) is -0.890. The van der Waals surface area contributed by atoms with Gasteiger partial charge in [-0.05, 0) is 36.4 Å². The van der Waals surface area contributed by atoms with Gasteiger partial charge in [0, 0.05) is 5.69 Å². The Balaban J connectivity index is 2.24. The predicted molar refractivity (Wildman–Crippen MR) is 104 cm³/mol. The summed E-state index contributed by atoms with van der Waals surface area (Å²) in [4.78, 5) is 12.2. The van der Waals surface area contributed by atoms with Crippen LogP contribution in [0.5, 0.6) is 0 Å². The second-order valence-corrected chi connectivity index (χ2v) is 8.74. The second-order valence-electron chi connectivity index (χ2n) is 5.61. The van der Waals surface area contributed by atoms with E-state index in [9.17, 15) is 26.4 Å². The molecule has 0 heterocycles. The van der Waals surface area contributed by atoms with Gasteiger partial charge in [-0.1, -0.05) is 34.8 Å². The zero-order chi connectivity index (χ0) is 21.3. The lowest BCUT2D eigenvalue weighted by Gasteiger charge is -2.23. The largest absolute Gasteiger partial charge is 0.416 e. The molecule has 0 aliphatic heterocycles. The molecule has 0 aliphatic carbocycles.